The van der Waals surface area contributed by atoms with Crippen LogP contribution in [0.5, 0.6) is 0 Å². The smallest absolute Gasteiger partial charge is 0.0935 e. The highest BCUT2D eigenvalue weighted by Gasteiger charge is 2.06. The Kier molecular flexibility index (Phi) is 1.83. The minimum Gasteiger partial charge on any atom is -0.256 e. The molecule has 0 unspecified atom stereocenters. The summed E-state index contributed by atoms with van der Waals surface area (Å²) < 4.78 is 0. The number of hydrogen-bond donors (Lipinski definition) is 0. The van der Waals surface area contributed by atoms with Crippen molar-refractivity contribution in [2.75, 3.05) is 0 Å². The highest BCUT2D eigenvalue weighted by molar-refractivity contribution is 6.18. The maximum Gasteiger partial charge on any atom is 0.0935 e. The van der Waals surface area contributed by atoms with Gasteiger partial charge in [-0.05, 0) is 29.7 Å². The van der Waals surface area contributed by atoms with Crippen LogP contribution in [-0.2, 0) is 0 Å². The van der Waals surface area contributed by atoms with Crippen LogP contribution in [0, 0.1) is 0 Å². The maximum atomic E-state index is 4.36. The lowest BCUT2D eigenvalue weighted by atomic mass is 10.0. The number of benzene rings is 2. The van der Waals surface area contributed by atoms with E-state index in [0.717, 1.165) is 16.4 Å². The van der Waals surface area contributed by atoms with Crippen LogP contribution in [0.15, 0.2) is 54.9 Å². The Balaban J connectivity index is 2.40. The van der Waals surface area contributed by atoms with Crippen molar-refractivity contribution in [3.05, 3.63) is 54.9 Å². The van der Waals surface area contributed by atoms with Crippen molar-refractivity contribution in [1.82, 2.24) is 15.2 Å². The van der Waals surface area contributed by atoms with E-state index in [0.29, 0.717) is 0 Å². The minimum atomic E-state index is 0.904. The Hall–Kier alpha value is -2.55. The third-order valence-corrected chi connectivity index (χ3v) is 3.26. The van der Waals surface area contributed by atoms with Crippen molar-refractivity contribution in [3.8, 4) is 0 Å². The molecule has 4 aromatic rings. The Bertz CT molecular complexity index is 884. The van der Waals surface area contributed by atoms with Crippen LogP contribution in [-0.4, -0.2) is 15.2 Å². The van der Waals surface area contributed by atoms with Gasteiger partial charge in [-0.2, -0.15) is 10.2 Å². The minimum absolute atomic E-state index is 0.904. The molecule has 0 fully saturated rings. The largest absolute Gasteiger partial charge is 0.256 e. The van der Waals surface area contributed by atoms with Crippen LogP contribution < -0.4 is 0 Å². The lowest BCUT2D eigenvalue weighted by molar-refractivity contribution is 1.09. The second kappa shape index (κ2) is 3.47. The topological polar surface area (TPSA) is 38.7 Å². The van der Waals surface area contributed by atoms with E-state index in [9.17, 15) is 0 Å². The molecule has 0 saturated heterocycles. The standard InChI is InChI=1S/C15H9N3/c1-2-11-14(18-17-8-1)6-4-10-3-5-13-12(15(10)11)7-9-16-13/h1-9H. The number of aromatic nitrogens is 3. The van der Waals surface area contributed by atoms with E-state index in [1.165, 1.54) is 16.2 Å². The molecule has 2 aromatic carbocycles. The van der Waals surface area contributed by atoms with Gasteiger partial charge in [0.05, 0.1) is 11.0 Å². The molecule has 0 N–H and O–H groups in total. The molecule has 0 saturated carbocycles. The molecule has 0 bridgehead atoms. The fraction of sp³-hybridized carbons (Fsp3) is 0. The fourth-order valence-corrected chi connectivity index (χ4v) is 2.45. The van der Waals surface area contributed by atoms with Gasteiger partial charge >= 0.3 is 0 Å². The highest BCUT2D eigenvalue weighted by atomic mass is 15.1. The number of hydrogen-bond acceptors (Lipinski definition) is 3. The Morgan fingerprint density at radius 3 is 2.50 bits per heavy atom. The molecule has 0 amide bonds. The zero-order valence-corrected chi connectivity index (χ0v) is 9.54. The van der Waals surface area contributed by atoms with E-state index in [4.69, 9.17) is 0 Å². The summed E-state index contributed by atoms with van der Waals surface area (Å²) in [5, 5.41) is 12.9. The number of nitrogens with zero attached hydrogens (tertiary/aromatic N) is 3. The fourth-order valence-electron chi connectivity index (χ4n) is 2.45. The van der Waals surface area contributed by atoms with Crippen LogP contribution in [0.4, 0.5) is 0 Å². The first-order valence-corrected chi connectivity index (χ1v) is 5.81. The van der Waals surface area contributed by atoms with Crippen molar-refractivity contribution in [2.24, 2.45) is 0 Å². The molecule has 3 nitrogen and oxygen atoms in total. The van der Waals surface area contributed by atoms with Crippen LogP contribution >= 0.6 is 0 Å². The van der Waals surface area contributed by atoms with E-state index in [2.05, 4.69) is 45.5 Å². The van der Waals surface area contributed by atoms with Crippen molar-refractivity contribution in [1.29, 1.82) is 0 Å². The summed E-state index contributed by atoms with van der Waals surface area (Å²) in [5.41, 5.74) is 1.93. The average Bonchev–Trinajstić information content (AvgIpc) is 2.75. The molecule has 0 aliphatic rings. The molecule has 0 aliphatic carbocycles. The summed E-state index contributed by atoms with van der Waals surface area (Å²) >= 11 is 0. The van der Waals surface area contributed by atoms with Gasteiger partial charge < -0.3 is 0 Å². The zero-order chi connectivity index (χ0) is 11.9. The second-order valence-corrected chi connectivity index (χ2v) is 4.26. The Morgan fingerprint density at radius 1 is 0.722 bits per heavy atom. The van der Waals surface area contributed by atoms with Gasteiger partial charge in [-0.3, -0.25) is 4.98 Å². The van der Waals surface area contributed by atoms with Crippen LogP contribution in [0.25, 0.3) is 32.6 Å². The first-order chi connectivity index (χ1) is 8.93. The first-order valence-electron chi connectivity index (χ1n) is 5.81. The third kappa shape index (κ3) is 1.21. The van der Waals surface area contributed by atoms with E-state index < -0.39 is 0 Å². The first kappa shape index (κ1) is 9.48. The van der Waals surface area contributed by atoms with Gasteiger partial charge in [0, 0.05) is 28.6 Å². The van der Waals surface area contributed by atoms with E-state index >= 15 is 0 Å². The molecule has 0 spiro atoms. The summed E-state index contributed by atoms with van der Waals surface area (Å²) in [6, 6.07) is 14.3. The lowest BCUT2D eigenvalue weighted by Crippen LogP contribution is -1.79. The average molecular weight is 231 g/mol. The summed E-state index contributed by atoms with van der Waals surface area (Å²) in [6.45, 7) is 0. The molecule has 2 heterocycles. The molecule has 3 heteroatoms. The van der Waals surface area contributed by atoms with E-state index in [1.54, 1.807) is 6.20 Å². The quantitative estimate of drug-likeness (QED) is 0.466. The van der Waals surface area contributed by atoms with Gasteiger partial charge in [0.2, 0.25) is 0 Å². The van der Waals surface area contributed by atoms with Gasteiger partial charge in [0.1, 0.15) is 0 Å². The summed E-state index contributed by atoms with van der Waals surface area (Å²) in [5.74, 6) is 0. The summed E-state index contributed by atoms with van der Waals surface area (Å²) in [7, 11) is 0. The molecular weight excluding hydrogens is 222 g/mol. The summed E-state index contributed by atoms with van der Waals surface area (Å²) in [6.07, 6.45) is 3.55. The maximum absolute atomic E-state index is 4.36. The van der Waals surface area contributed by atoms with Crippen LogP contribution in [0.1, 0.15) is 0 Å². The van der Waals surface area contributed by atoms with Gasteiger partial charge in [-0.25, -0.2) is 0 Å². The Morgan fingerprint density at radius 2 is 1.56 bits per heavy atom. The number of fused-ring (bicyclic) bond motifs is 5. The molecule has 2 aromatic heterocycles. The highest BCUT2D eigenvalue weighted by Crippen LogP contribution is 2.30. The molecular formula is C15H9N3. The van der Waals surface area contributed by atoms with Gasteiger partial charge in [-0.1, -0.05) is 18.2 Å². The molecule has 18 heavy (non-hydrogen) atoms. The second-order valence-electron chi connectivity index (χ2n) is 4.26. The molecule has 4 rings (SSSR count). The van der Waals surface area contributed by atoms with E-state index in [-0.39, 0.29) is 0 Å². The van der Waals surface area contributed by atoms with Crippen molar-refractivity contribution >= 4 is 32.6 Å². The molecule has 84 valence electrons. The van der Waals surface area contributed by atoms with Gasteiger partial charge in [-0.15, -0.1) is 0 Å². The van der Waals surface area contributed by atoms with Crippen molar-refractivity contribution in [2.45, 2.75) is 0 Å². The van der Waals surface area contributed by atoms with Crippen LogP contribution in [0.2, 0.25) is 0 Å². The van der Waals surface area contributed by atoms with Crippen LogP contribution in [0.3, 0.4) is 0 Å². The Labute approximate surface area is 103 Å². The number of rotatable bonds is 0. The SMILES string of the molecule is c1cnnc2ccc3ccc4nccc4c3c2c1. The van der Waals surface area contributed by atoms with Gasteiger partial charge in [0.25, 0.3) is 0 Å². The normalized spacial score (nSPS) is 11.3. The zero-order valence-electron chi connectivity index (χ0n) is 9.54. The van der Waals surface area contributed by atoms with Gasteiger partial charge in [0.15, 0.2) is 0 Å². The van der Waals surface area contributed by atoms with Crippen molar-refractivity contribution in [3.63, 3.8) is 0 Å². The summed E-state index contributed by atoms with van der Waals surface area (Å²) in [4.78, 5) is 4.36. The monoisotopic (exact) mass is 231 g/mol. The molecule has 0 aliphatic heterocycles. The molecule has 0 atom stereocenters. The third-order valence-electron chi connectivity index (χ3n) is 3.26. The van der Waals surface area contributed by atoms with E-state index in [1.807, 2.05) is 18.3 Å². The van der Waals surface area contributed by atoms with Crippen molar-refractivity contribution < 1.29 is 0 Å². The predicted molar refractivity (Wildman–Crippen MR) is 72.3 cm³/mol. The lowest BCUT2D eigenvalue weighted by Gasteiger charge is -2.02. The predicted octanol–water partition coefficient (Wildman–Crippen LogP) is 3.33. The molecule has 0 radical (unpaired) electrons.